The Morgan fingerprint density at radius 3 is 3.16 bits per heavy atom. The van der Waals surface area contributed by atoms with Gasteiger partial charge in [0.1, 0.15) is 0 Å². The van der Waals surface area contributed by atoms with Crippen LogP contribution in [-0.4, -0.2) is 44.2 Å². The lowest BCUT2D eigenvalue weighted by Gasteiger charge is -2.29. The maximum absolute atomic E-state index is 12.1. The van der Waals surface area contributed by atoms with Gasteiger partial charge in [-0.3, -0.25) is 4.79 Å². The lowest BCUT2D eigenvalue weighted by molar-refractivity contribution is -0.131. The molecule has 4 nitrogen and oxygen atoms in total. The maximum Gasteiger partial charge on any atom is 0.236 e. The van der Waals surface area contributed by atoms with Crippen LogP contribution in [0.3, 0.4) is 0 Å². The molecule has 1 aliphatic rings. The Hall–Kier alpha value is -0.910. The minimum Gasteiger partial charge on any atom is -0.383 e. The first-order valence-corrected chi connectivity index (χ1v) is 7.25. The Balaban J connectivity index is 1.89. The van der Waals surface area contributed by atoms with Crippen LogP contribution in [-0.2, 0) is 22.5 Å². The third-order valence-corrected chi connectivity index (χ3v) is 4.06. The predicted molar refractivity (Wildman–Crippen MR) is 78.0 cm³/mol. The molecule has 0 bridgehead atoms. The molecule has 0 saturated heterocycles. The molecule has 1 amide bonds. The van der Waals surface area contributed by atoms with Crippen LogP contribution in [0.4, 0.5) is 0 Å². The summed E-state index contributed by atoms with van der Waals surface area (Å²) in [5.41, 5.74) is 2.57. The number of carbonyl (C=O) groups is 1. The molecule has 1 aromatic rings. The van der Waals surface area contributed by atoms with Gasteiger partial charge in [0.05, 0.1) is 13.2 Å². The lowest BCUT2D eigenvalue weighted by Crippen LogP contribution is -2.41. The first-order valence-electron chi connectivity index (χ1n) is 6.46. The van der Waals surface area contributed by atoms with Gasteiger partial charge in [0.25, 0.3) is 0 Å². The fourth-order valence-corrected chi connectivity index (χ4v) is 2.86. The zero-order valence-electron chi connectivity index (χ0n) is 11.1. The number of benzene rings is 1. The van der Waals surface area contributed by atoms with Gasteiger partial charge in [0, 0.05) is 31.2 Å². The van der Waals surface area contributed by atoms with Crippen molar-refractivity contribution in [3.05, 3.63) is 33.8 Å². The molecule has 0 radical (unpaired) electrons. The quantitative estimate of drug-likeness (QED) is 0.835. The molecule has 0 aliphatic carbocycles. The molecular weight excluding hydrogens is 308 g/mol. The summed E-state index contributed by atoms with van der Waals surface area (Å²) in [5, 5.41) is 3.09. The van der Waals surface area contributed by atoms with Crippen molar-refractivity contribution in [1.82, 2.24) is 10.2 Å². The van der Waals surface area contributed by atoms with Crippen LogP contribution < -0.4 is 5.32 Å². The average molecular weight is 327 g/mol. The molecule has 1 N–H and O–H groups in total. The van der Waals surface area contributed by atoms with E-state index in [2.05, 4.69) is 33.4 Å². The van der Waals surface area contributed by atoms with Gasteiger partial charge < -0.3 is 15.0 Å². The smallest absolute Gasteiger partial charge is 0.236 e. The van der Waals surface area contributed by atoms with Gasteiger partial charge >= 0.3 is 0 Å². The summed E-state index contributed by atoms with van der Waals surface area (Å²) in [6.45, 7) is 3.22. The maximum atomic E-state index is 12.1. The van der Waals surface area contributed by atoms with Crippen molar-refractivity contribution in [2.24, 2.45) is 0 Å². The number of fused-ring (bicyclic) bond motifs is 1. The van der Waals surface area contributed by atoms with Crippen LogP contribution in [0.15, 0.2) is 22.7 Å². The number of amides is 1. The van der Waals surface area contributed by atoms with E-state index in [1.54, 1.807) is 7.11 Å². The van der Waals surface area contributed by atoms with Gasteiger partial charge in [-0.2, -0.15) is 0 Å². The van der Waals surface area contributed by atoms with Gasteiger partial charge in [-0.15, -0.1) is 0 Å². The molecule has 0 atom stereocenters. The van der Waals surface area contributed by atoms with Crippen molar-refractivity contribution < 1.29 is 9.53 Å². The second kappa shape index (κ2) is 7.03. The zero-order valence-corrected chi connectivity index (χ0v) is 12.7. The normalized spacial score (nSPS) is 14.3. The molecule has 0 aromatic heterocycles. The fourth-order valence-electron chi connectivity index (χ4n) is 2.26. The number of carbonyl (C=O) groups excluding carboxylic acids is 1. The Morgan fingerprint density at radius 1 is 1.53 bits per heavy atom. The molecule has 0 spiro atoms. The van der Waals surface area contributed by atoms with Crippen molar-refractivity contribution in [1.29, 1.82) is 0 Å². The minimum atomic E-state index is 0.154. The first-order chi connectivity index (χ1) is 9.22. The summed E-state index contributed by atoms with van der Waals surface area (Å²) in [5.74, 6) is 0.154. The third-order valence-electron chi connectivity index (χ3n) is 3.32. The second-order valence-corrected chi connectivity index (χ2v) is 5.47. The van der Waals surface area contributed by atoms with E-state index >= 15 is 0 Å². The summed E-state index contributed by atoms with van der Waals surface area (Å²) in [6, 6.07) is 6.17. The van der Waals surface area contributed by atoms with Gasteiger partial charge in [0.2, 0.25) is 5.91 Å². The topological polar surface area (TPSA) is 41.6 Å². The largest absolute Gasteiger partial charge is 0.383 e. The Labute approximate surface area is 122 Å². The summed E-state index contributed by atoms with van der Waals surface area (Å²) in [6.07, 6.45) is 0.917. The number of hydrogen-bond acceptors (Lipinski definition) is 3. The molecule has 1 aromatic carbocycles. The number of methoxy groups -OCH3 is 1. The van der Waals surface area contributed by atoms with Crippen LogP contribution in [0.1, 0.15) is 11.1 Å². The van der Waals surface area contributed by atoms with Crippen LogP contribution in [0, 0.1) is 0 Å². The van der Waals surface area contributed by atoms with Crippen LogP contribution in [0.2, 0.25) is 0 Å². The van der Waals surface area contributed by atoms with E-state index < -0.39 is 0 Å². The van der Waals surface area contributed by atoms with Crippen molar-refractivity contribution in [3.63, 3.8) is 0 Å². The van der Waals surface area contributed by atoms with Crippen molar-refractivity contribution >= 4 is 21.8 Å². The minimum absolute atomic E-state index is 0.154. The number of hydrogen-bond donors (Lipinski definition) is 1. The predicted octanol–water partition coefficient (Wildman–Crippen LogP) is 1.57. The van der Waals surface area contributed by atoms with Gasteiger partial charge in [0.15, 0.2) is 0 Å². The molecule has 2 rings (SSSR count). The van der Waals surface area contributed by atoms with Crippen molar-refractivity contribution in [2.45, 2.75) is 13.0 Å². The average Bonchev–Trinajstić information content (AvgIpc) is 2.43. The molecule has 1 aliphatic heterocycles. The molecule has 1 heterocycles. The highest BCUT2D eigenvalue weighted by atomic mass is 79.9. The van der Waals surface area contributed by atoms with Crippen LogP contribution in [0.5, 0.6) is 0 Å². The van der Waals surface area contributed by atoms with E-state index in [-0.39, 0.29) is 5.91 Å². The highest BCUT2D eigenvalue weighted by Crippen LogP contribution is 2.26. The van der Waals surface area contributed by atoms with Crippen LogP contribution >= 0.6 is 15.9 Å². The highest BCUT2D eigenvalue weighted by molar-refractivity contribution is 9.10. The summed E-state index contributed by atoms with van der Waals surface area (Å²) >= 11 is 3.57. The van der Waals surface area contributed by atoms with E-state index in [9.17, 15) is 4.79 Å². The van der Waals surface area contributed by atoms with E-state index in [4.69, 9.17) is 4.74 Å². The number of nitrogens with zero attached hydrogens (tertiary/aromatic N) is 1. The standard InChI is InChI=1S/C14H19BrN2O2/c1-19-8-6-16-9-14(18)17-7-5-12-11(10-17)3-2-4-13(12)15/h2-4,16H,5-10H2,1H3. The third kappa shape index (κ3) is 3.78. The van der Waals surface area contributed by atoms with Crippen molar-refractivity contribution in [3.8, 4) is 0 Å². The Bertz CT molecular complexity index is 451. The van der Waals surface area contributed by atoms with Gasteiger partial charge in [-0.1, -0.05) is 28.1 Å². The summed E-state index contributed by atoms with van der Waals surface area (Å²) < 4.78 is 6.08. The Kier molecular flexibility index (Phi) is 5.36. The van der Waals surface area contributed by atoms with E-state index in [1.165, 1.54) is 11.1 Å². The zero-order chi connectivity index (χ0) is 13.7. The molecule has 104 valence electrons. The Morgan fingerprint density at radius 2 is 2.37 bits per heavy atom. The molecule has 19 heavy (non-hydrogen) atoms. The second-order valence-electron chi connectivity index (χ2n) is 4.61. The molecule has 5 heteroatoms. The number of halogens is 1. The number of ether oxygens (including phenoxy) is 1. The molecule has 0 unspecified atom stereocenters. The van der Waals surface area contributed by atoms with Crippen LogP contribution in [0.25, 0.3) is 0 Å². The SMILES string of the molecule is COCCNCC(=O)N1CCc2c(Br)cccc2C1. The van der Waals surface area contributed by atoms with Gasteiger partial charge in [-0.05, 0) is 23.6 Å². The van der Waals surface area contributed by atoms with Crippen molar-refractivity contribution in [2.75, 3.05) is 33.4 Å². The fraction of sp³-hybridized carbons (Fsp3) is 0.500. The molecule has 0 fully saturated rings. The van der Waals surface area contributed by atoms with E-state index in [1.807, 2.05) is 11.0 Å². The number of rotatable bonds is 5. The number of nitrogens with one attached hydrogen (secondary N) is 1. The monoisotopic (exact) mass is 326 g/mol. The first kappa shape index (κ1) is 14.5. The molecular formula is C14H19BrN2O2. The molecule has 0 saturated carbocycles. The highest BCUT2D eigenvalue weighted by Gasteiger charge is 2.21. The lowest BCUT2D eigenvalue weighted by atomic mass is 10.00. The summed E-state index contributed by atoms with van der Waals surface area (Å²) in [7, 11) is 1.66. The van der Waals surface area contributed by atoms with E-state index in [0.717, 1.165) is 17.4 Å². The van der Waals surface area contributed by atoms with Gasteiger partial charge in [-0.25, -0.2) is 0 Å². The summed E-state index contributed by atoms with van der Waals surface area (Å²) in [4.78, 5) is 14.0. The van der Waals surface area contributed by atoms with E-state index in [0.29, 0.717) is 26.2 Å².